The summed E-state index contributed by atoms with van der Waals surface area (Å²) in [4.78, 5) is 25.8. The number of nitrogens with one attached hydrogen (secondary N) is 1. The van der Waals surface area contributed by atoms with Crippen LogP contribution >= 0.6 is 11.8 Å². The van der Waals surface area contributed by atoms with Gasteiger partial charge in [0.1, 0.15) is 11.5 Å². The minimum Gasteiger partial charge on any atom is -0.300 e. The molecule has 3 aromatic rings. The number of aromatic amines is 1. The molecule has 4 rings (SSSR count). The molecule has 0 atom stereocenters. The van der Waals surface area contributed by atoms with Crippen molar-refractivity contribution in [1.82, 2.24) is 10.2 Å². The highest BCUT2D eigenvalue weighted by Crippen LogP contribution is 2.41. The fourth-order valence-electron chi connectivity index (χ4n) is 3.33. The summed E-state index contributed by atoms with van der Waals surface area (Å²) in [7, 11) is 0. The zero-order valence-electron chi connectivity index (χ0n) is 13.9. The van der Waals surface area contributed by atoms with E-state index in [9.17, 15) is 9.59 Å². The molecule has 0 amide bonds. The molecule has 0 bridgehead atoms. The third kappa shape index (κ3) is 2.51. The van der Waals surface area contributed by atoms with Crippen molar-refractivity contribution in [3.8, 4) is 22.5 Å². The van der Waals surface area contributed by atoms with Gasteiger partial charge in [0.2, 0.25) is 0 Å². The van der Waals surface area contributed by atoms with E-state index in [2.05, 4.69) is 10.2 Å². The number of fused-ring (bicyclic) bond motifs is 3. The number of H-pyrrole nitrogens is 1. The Balaban J connectivity index is 1.84. The average molecular weight is 348 g/mol. The lowest BCUT2D eigenvalue weighted by Crippen LogP contribution is -2.06. The van der Waals surface area contributed by atoms with E-state index in [1.165, 1.54) is 0 Å². The highest BCUT2D eigenvalue weighted by atomic mass is 32.2. The second kappa shape index (κ2) is 6.01. The fourth-order valence-corrected chi connectivity index (χ4v) is 3.74. The Labute approximate surface area is 149 Å². The first-order chi connectivity index (χ1) is 12.1. The number of benzene rings is 2. The smallest absolute Gasteiger partial charge is 0.198 e. The highest BCUT2D eigenvalue weighted by Gasteiger charge is 2.34. The molecule has 1 heterocycles. The van der Waals surface area contributed by atoms with Gasteiger partial charge in [-0.1, -0.05) is 30.3 Å². The number of carbonyl (C=O) groups excluding carboxylic acids is 2. The number of hydrogen-bond acceptors (Lipinski definition) is 4. The van der Waals surface area contributed by atoms with E-state index in [1.54, 1.807) is 18.7 Å². The lowest BCUT2D eigenvalue weighted by molar-refractivity contribution is -0.116. The Morgan fingerprint density at radius 3 is 2.56 bits per heavy atom. The first-order valence-electron chi connectivity index (χ1n) is 7.99. The standard InChI is InChI=1S/C20H16N2O2S/c1-11(23)10-13-4-3-5-15-16(13)20(24)17-18(21-22-19(15)17)12-6-8-14(25-2)9-7-12/h3-9H,10H2,1-2H3,(H,21,22). The van der Waals surface area contributed by atoms with E-state index in [-0.39, 0.29) is 18.0 Å². The minimum absolute atomic E-state index is 0.0442. The van der Waals surface area contributed by atoms with Crippen molar-refractivity contribution in [1.29, 1.82) is 0 Å². The largest absolute Gasteiger partial charge is 0.300 e. The van der Waals surface area contributed by atoms with Gasteiger partial charge in [0.15, 0.2) is 5.78 Å². The number of aromatic nitrogens is 2. The summed E-state index contributed by atoms with van der Waals surface area (Å²) in [5, 5.41) is 7.40. The number of rotatable bonds is 4. The van der Waals surface area contributed by atoms with E-state index in [1.807, 2.05) is 48.7 Å². The van der Waals surface area contributed by atoms with Crippen LogP contribution in [0.15, 0.2) is 47.4 Å². The average Bonchev–Trinajstić information content (AvgIpc) is 3.16. The summed E-state index contributed by atoms with van der Waals surface area (Å²) in [6, 6.07) is 13.6. The van der Waals surface area contributed by atoms with Gasteiger partial charge in [-0.25, -0.2) is 0 Å². The summed E-state index contributed by atoms with van der Waals surface area (Å²) in [6.07, 6.45) is 2.29. The minimum atomic E-state index is -0.0560. The lowest BCUT2D eigenvalue weighted by atomic mass is 9.97. The van der Waals surface area contributed by atoms with Gasteiger partial charge in [0.05, 0.1) is 11.3 Å². The summed E-state index contributed by atoms with van der Waals surface area (Å²) in [6.45, 7) is 1.54. The predicted octanol–water partition coefficient (Wildman–Crippen LogP) is 4.14. The summed E-state index contributed by atoms with van der Waals surface area (Å²) >= 11 is 1.67. The normalized spacial score (nSPS) is 12.2. The monoisotopic (exact) mass is 348 g/mol. The van der Waals surface area contributed by atoms with Crippen LogP contribution in [0.25, 0.3) is 22.5 Å². The van der Waals surface area contributed by atoms with E-state index in [0.717, 1.165) is 27.3 Å². The van der Waals surface area contributed by atoms with Crippen molar-refractivity contribution in [2.75, 3.05) is 6.26 Å². The van der Waals surface area contributed by atoms with Gasteiger partial charge in [-0.05, 0) is 30.9 Å². The third-order valence-electron chi connectivity index (χ3n) is 4.44. The van der Waals surface area contributed by atoms with Crippen molar-refractivity contribution in [3.63, 3.8) is 0 Å². The maximum atomic E-state index is 13.1. The van der Waals surface area contributed by atoms with Crippen LogP contribution < -0.4 is 0 Å². The number of carbonyl (C=O) groups is 2. The first-order valence-corrected chi connectivity index (χ1v) is 9.22. The van der Waals surface area contributed by atoms with Crippen LogP contribution in [0.2, 0.25) is 0 Å². The topological polar surface area (TPSA) is 62.8 Å². The molecule has 0 saturated carbocycles. The van der Waals surface area contributed by atoms with Gasteiger partial charge in [0, 0.05) is 28.0 Å². The number of nitrogens with zero attached hydrogens (tertiary/aromatic N) is 1. The van der Waals surface area contributed by atoms with Crippen molar-refractivity contribution < 1.29 is 9.59 Å². The van der Waals surface area contributed by atoms with E-state index in [0.29, 0.717) is 16.8 Å². The highest BCUT2D eigenvalue weighted by molar-refractivity contribution is 7.98. The Morgan fingerprint density at radius 2 is 1.88 bits per heavy atom. The van der Waals surface area contributed by atoms with Gasteiger partial charge >= 0.3 is 0 Å². The van der Waals surface area contributed by atoms with Crippen molar-refractivity contribution in [3.05, 3.63) is 59.2 Å². The maximum absolute atomic E-state index is 13.1. The number of ketones is 2. The fraction of sp³-hybridized carbons (Fsp3) is 0.150. The van der Waals surface area contributed by atoms with Gasteiger partial charge in [-0.15, -0.1) is 11.8 Å². The zero-order valence-corrected chi connectivity index (χ0v) is 14.7. The van der Waals surface area contributed by atoms with Gasteiger partial charge < -0.3 is 0 Å². The van der Waals surface area contributed by atoms with Gasteiger partial charge in [-0.2, -0.15) is 5.10 Å². The van der Waals surface area contributed by atoms with E-state index >= 15 is 0 Å². The zero-order chi connectivity index (χ0) is 17.6. The van der Waals surface area contributed by atoms with Crippen molar-refractivity contribution in [2.45, 2.75) is 18.2 Å². The molecule has 0 radical (unpaired) electrons. The van der Waals surface area contributed by atoms with Gasteiger partial charge in [-0.3, -0.25) is 14.7 Å². The molecule has 0 aliphatic heterocycles. The Morgan fingerprint density at radius 1 is 1.12 bits per heavy atom. The van der Waals surface area contributed by atoms with E-state index < -0.39 is 0 Å². The Hall–Kier alpha value is -2.66. The molecular weight excluding hydrogens is 332 g/mol. The van der Waals surface area contributed by atoms with Crippen LogP contribution in [-0.4, -0.2) is 28.0 Å². The molecule has 1 aliphatic carbocycles. The van der Waals surface area contributed by atoms with Crippen LogP contribution in [-0.2, 0) is 11.2 Å². The van der Waals surface area contributed by atoms with Crippen molar-refractivity contribution >= 4 is 23.3 Å². The second-order valence-corrected chi connectivity index (χ2v) is 6.98. The van der Waals surface area contributed by atoms with Crippen LogP contribution in [0.3, 0.4) is 0 Å². The maximum Gasteiger partial charge on any atom is 0.198 e. The predicted molar refractivity (Wildman–Crippen MR) is 99.1 cm³/mol. The molecule has 1 N–H and O–H groups in total. The molecule has 0 saturated heterocycles. The van der Waals surface area contributed by atoms with Crippen LogP contribution in [0, 0.1) is 0 Å². The Kier molecular flexibility index (Phi) is 3.81. The molecule has 1 aliphatic rings. The first kappa shape index (κ1) is 15.8. The number of hydrogen-bond donors (Lipinski definition) is 1. The molecular formula is C20H16N2O2S. The third-order valence-corrected chi connectivity index (χ3v) is 5.19. The molecule has 1 aromatic heterocycles. The SMILES string of the molecule is CSc1ccc(-c2n[nH]c3c2C(=O)c2c(CC(C)=O)cccc2-3)cc1. The molecule has 4 nitrogen and oxygen atoms in total. The number of thioether (sulfide) groups is 1. The van der Waals surface area contributed by atoms with Crippen LogP contribution in [0.5, 0.6) is 0 Å². The van der Waals surface area contributed by atoms with E-state index in [4.69, 9.17) is 0 Å². The molecule has 5 heteroatoms. The quantitative estimate of drug-likeness (QED) is 0.563. The summed E-state index contributed by atoms with van der Waals surface area (Å²) in [5.41, 5.74) is 5.16. The molecule has 2 aromatic carbocycles. The number of Topliss-reactive ketones (excluding diaryl/α,β-unsaturated/α-hetero) is 1. The van der Waals surface area contributed by atoms with Crippen LogP contribution in [0.1, 0.15) is 28.4 Å². The van der Waals surface area contributed by atoms with Crippen LogP contribution in [0.4, 0.5) is 0 Å². The second-order valence-electron chi connectivity index (χ2n) is 6.10. The molecule has 0 fully saturated rings. The molecule has 124 valence electrons. The van der Waals surface area contributed by atoms with Crippen molar-refractivity contribution in [2.24, 2.45) is 0 Å². The Bertz CT molecular complexity index is 1000. The lowest BCUT2D eigenvalue weighted by Gasteiger charge is -2.06. The molecule has 0 unspecified atom stereocenters. The molecule has 0 spiro atoms. The molecule has 25 heavy (non-hydrogen) atoms. The summed E-state index contributed by atoms with van der Waals surface area (Å²) < 4.78 is 0. The van der Waals surface area contributed by atoms with Gasteiger partial charge in [0.25, 0.3) is 0 Å². The summed E-state index contributed by atoms with van der Waals surface area (Å²) in [5.74, 6) is -0.0118.